The number of allylic oxidation sites excluding steroid dienone is 2. The average molecular weight is 607 g/mol. The van der Waals surface area contributed by atoms with E-state index < -0.39 is 59.1 Å². The Hall–Kier alpha value is -5.76. The van der Waals surface area contributed by atoms with Crippen LogP contribution in [0.5, 0.6) is 0 Å². The zero-order chi connectivity index (χ0) is 31.7. The predicted octanol–water partition coefficient (Wildman–Crippen LogP) is 4.88. The highest BCUT2D eigenvalue weighted by Crippen LogP contribution is 2.58. The molecule has 8 nitrogen and oxygen atoms in total. The molecule has 0 aromatic heterocycles. The number of hydrogen-bond acceptors (Lipinski definition) is 6. The van der Waals surface area contributed by atoms with Crippen LogP contribution in [0.15, 0.2) is 121 Å². The average Bonchev–Trinajstić information content (AvgIpc) is 3.55. The van der Waals surface area contributed by atoms with Crippen LogP contribution in [0.4, 0.5) is 11.4 Å². The lowest BCUT2D eigenvalue weighted by atomic mass is 9.54. The third-order valence-corrected chi connectivity index (χ3v) is 9.82. The van der Waals surface area contributed by atoms with Crippen molar-refractivity contribution in [1.29, 1.82) is 0 Å². The molecule has 46 heavy (non-hydrogen) atoms. The molecule has 4 aromatic carbocycles. The van der Waals surface area contributed by atoms with Crippen LogP contribution in [-0.2, 0) is 19.2 Å². The van der Waals surface area contributed by atoms with Crippen LogP contribution in [0.1, 0.15) is 31.8 Å². The first-order valence-corrected chi connectivity index (χ1v) is 15.2. The van der Waals surface area contributed by atoms with Crippen LogP contribution in [0.3, 0.4) is 0 Å². The Bertz CT molecular complexity index is 1830. The molecule has 3 fully saturated rings. The van der Waals surface area contributed by atoms with Crippen molar-refractivity contribution in [2.24, 2.45) is 35.5 Å². The predicted molar refractivity (Wildman–Crippen MR) is 168 cm³/mol. The van der Waals surface area contributed by atoms with Crippen molar-refractivity contribution in [3.63, 3.8) is 0 Å². The van der Waals surface area contributed by atoms with E-state index in [1.807, 2.05) is 12.1 Å². The molecule has 8 heteroatoms. The minimum absolute atomic E-state index is 0.235. The molecule has 5 aliphatic rings. The van der Waals surface area contributed by atoms with Gasteiger partial charge in [0.25, 0.3) is 0 Å². The van der Waals surface area contributed by atoms with E-state index in [4.69, 9.17) is 0 Å². The van der Waals surface area contributed by atoms with Crippen LogP contribution in [0, 0.1) is 35.5 Å². The molecular formula is C38H26N2O6. The van der Waals surface area contributed by atoms with Gasteiger partial charge in [-0.25, -0.2) is 9.80 Å². The maximum atomic E-state index is 14.0. The second kappa shape index (κ2) is 10.4. The fourth-order valence-corrected chi connectivity index (χ4v) is 7.82. The summed E-state index contributed by atoms with van der Waals surface area (Å²) >= 11 is 0. The molecule has 4 amide bonds. The lowest BCUT2D eigenvalue weighted by Gasteiger charge is -2.44. The highest BCUT2D eigenvalue weighted by Gasteiger charge is 2.68. The topological polar surface area (TPSA) is 109 Å². The molecule has 9 rings (SSSR count). The molecule has 1 saturated carbocycles. The smallest absolute Gasteiger partial charge is 0.238 e. The van der Waals surface area contributed by atoms with E-state index in [0.717, 1.165) is 9.80 Å². The van der Waals surface area contributed by atoms with Crippen LogP contribution in [0.25, 0.3) is 0 Å². The minimum atomic E-state index is -0.806. The molecule has 0 radical (unpaired) electrons. The number of hydrogen-bond donors (Lipinski definition) is 0. The minimum Gasteiger partial charge on any atom is -0.289 e. The van der Waals surface area contributed by atoms with Crippen molar-refractivity contribution in [1.82, 2.24) is 0 Å². The molecule has 0 spiro atoms. The molecule has 2 aliphatic heterocycles. The molecular weight excluding hydrogens is 580 g/mol. The van der Waals surface area contributed by atoms with Crippen molar-refractivity contribution >= 4 is 46.6 Å². The van der Waals surface area contributed by atoms with Crippen molar-refractivity contribution in [2.75, 3.05) is 9.80 Å². The second-order valence-electron chi connectivity index (χ2n) is 12.2. The molecule has 2 saturated heterocycles. The fourth-order valence-electron chi connectivity index (χ4n) is 7.82. The maximum Gasteiger partial charge on any atom is 0.238 e. The summed E-state index contributed by atoms with van der Waals surface area (Å²) < 4.78 is 0. The van der Waals surface area contributed by atoms with Crippen molar-refractivity contribution < 1.29 is 28.8 Å². The van der Waals surface area contributed by atoms with E-state index in [1.165, 1.54) is 0 Å². The molecule has 224 valence electrons. The molecule has 2 unspecified atom stereocenters. The van der Waals surface area contributed by atoms with Gasteiger partial charge in [-0.1, -0.05) is 97.1 Å². The van der Waals surface area contributed by atoms with Crippen molar-refractivity contribution in [3.05, 3.63) is 144 Å². The number of carbonyl (C=O) groups is 6. The summed E-state index contributed by atoms with van der Waals surface area (Å²) in [5, 5.41) is 0. The number of amides is 4. The molecule has 2 heterocycles. The third-order valence-electron chi connectivity index (χ3n) is 9.82. The molecule has 3 aliphatic carbocycles. The molecule has 2 bridgehead atoms. The van der Waals surface area contributed by atoms with E-state index >= 15 is 0 Å². The fraction of sp³-hybridized carbons (Fsp3) is 0.158. The summed E-state index contributed by atoms with van der Waals surface area (Å²) in [7, 11) is 0. The van der Waals surface area contributed by atoms with E-state index in [-0.39, 0.29) is 22.9 Å². The van der Waals surface area contributed by atoms with Gasteiger partial charge < -0.3 is 0 Å². The van der Waals surface area contributed by atoms with Gasteiger partial charge in [0.05, 0.1) is 35.0 Å². The Morgan fingerprint density at radius 2 is 0.739 bits per heavy atom. The number of anilines is 2. The molecule has 4 aromatic rings. The number of benzene rings is 4. The van der Waals surface area contributed by atoms with Gasteiger partial charge >= 0.3 is 0 Å². The lowest BCUT2D eigenvalue weighted by Crippen LogP contribution is -2.50. The number of imide groups is 2. The van der Waals surface area contributed by atoms with Gasteiger partial charge in [-0.2, -0.15) is 0 Å². The largest absolute Gasteiger partial charge is 0.289 e. The molecule has 6 atom stereocenters. The Morgan fingerprint density at radius 1 is 0.413 bits per heavy atom. The first-order chi connectivity index (χ1) is 22.3. The van der Waals surface area contributed by atoms with Gasteiger partial charge in [0.15, 0.2) is 11.6 Å². The number of ketones is 2. The first-order valence-electron chi connectivity index (χ1n) is 15.2. The normalized spacial score (nSPS) is 26.0. The monoisotopic (exact) mass is 606 g/mol. The highest BCUT2D eigenvalue weighted by molar-refractivity contribution is 6.27. The van der Waals surface area contributed by atoms with Gasteiger partial charge in [0.2, 0.25) is 23.6 Å². The van der Waals surface area contributed by atoms with E-state index in [1.54, 1.807) is 109 Å². The van der Waals surface area contributed by atoms with Crippen LogP contribution in [0.2, 0.25) is 0 Å². The summed E-state index contributed by atoms with van der Waals surface area (Å²) in [5.74, 6) is -6.74. The van der Waals surface area contributed by atoms with Gasteiger partial charge in [0.1, 0.15) is 0 Å². The van der Waals surface area contributed by atoms with E-state index in [0.29, 0.717) is 22.3 Å². The summed E-state index contributed by atoms with van der Waals surface area (Å²) in [6, 6.07) is 30.4. The standard InChI is InChI=1S/C38H26N2O6/c41-33(21-9-3-1-4-10-21)23-13-7-15-25(19-23)39-35(43)29-27-17-18-28(30(29)36(39)44)32-31(27)37(45)40(38(32)46)26-16-8-14-24(20-26)34(42)22-11-5-2-6-12-22/h1-20,27-32H/t27?,28?,29-,30-,31-,32+/m1/s1. The Balaban J connectivity index is 1.10. The Morgan fingerprint density at radius 3 is 1.09 bits per heavy atom. The summed E-state index contributed by atoms with van der Waals surface area (Å²) in [5.41, 5.74) is 2.22. The Labute approximate surface area is 263 Å². The van der Waals surface area contributed by atoms with Crippen LogP contribution in [-0.4, -0.2) is 35.2 Å². The quantitative estimate of drug-likeness (QED) is 0.176. The third kappa shape index (κ3) is 3.99. The van der Waals surface area contributed by atoms with Gasteiger partial charge in [-0.15, -0.1) is 0 Å². The Kier molecular flexibility index (Phi) is 6.28. The van der Waals surface area contributed by atoms with E-state index in [2.05, 4.69) is 0 Å². The summed E-state index contributed by atoms with van der Waals surface area (Å²) in [4.78, 5) is 84.6. The summed E-state index contributed by atoms with van der Waals surface area (Å²) in [6.07, 6.45) is 3.61. The van der Waals surface area contributed by atoms with Gasteiger partial charge in [-0.3, -0.25) is 28.8 Å². The molecule has 0 N–H and O–H groups in total. The van der Waals surface area contributed by atoms with Crippen molar-refractivity contribution in [2.45, 2.75) is 0 Å². The van der Waals surface area contributed by atoms with Crippen LogP contribution >= 0.6 is 0 Å². The SMILES string of the molecule is O=C(c1ccccc1)c1cccc(N2C(=O)[C@@H]3C4C=CC([C@H]3C2=O)[C@@H]2C(=O)N(c3cccc(C(=O)c5ccccc5)c3)C(=O)[C@H]42)c1. The van der Waals surface area contributed by atoms with Gasteiger partial charge in [-0.05, 0) is 24.3 Å². The number of nitrogens with zero attached hydrogens (tertiary/aromatic N) is 2. The van der Waals surface area contributed by atoms with E-state index in [9.17, 15) is 28.8 Å². The first kappa shape index (κ1) is 27.8. The van der Waals surface area contributed by atoms with Gasteiger partial charge in [0, 0.05) is 34.1 Å². The number of rotatable bonds is 6. The maximum absolute atomic E-state index is 14.0. The highest BCUT2D eigenvalue weighted by atomic mass is 16.2. The van der Waals surface area contributed by atoms with Crippen molar-refractivity contribution in [3.8, 4) is 0 Å². The lowest BCUT2D eigenvalue weighted by molar-refractivity contribution is -0.137. The summed E-state index contributed by atoms with van der Waals surface area (Å²) in [6.45, 7) is 0. The zero-order valence-electron chi connectivity index (χ0n) is 24.4. The van der Waals surface area contributed by atoms with Crippen LogP contribution < -0.4 is 9.80 Å². The zero-order valence-corrected chi connectivity index (χ0v) is 24.4. The number of carbonyl (C=O) groups excluding carboxylic acids is 6. The second-order valence-corrected chi connectivity index (χ2v) is 12.2.